The van der Waals surface area contributed by atoms with Gasteiger partial charge in [0.05, 0.1) is 0 Å². The number of ether oxygens (including phenoxy) is 1. The maximum Gasteiger partial charge on any atom is 0.347 e. The number of hydrogen-bond donors (Lipinski definition) is 1. The zero-order valence-corrected chi connectivity index (χ0v) is 15.3. The molecule has 1 N–H and O–H groups in total. The van der Waals surface area contributed by atoms with E-state index in [0.717, 1.165) is 27.7 Å². The quantitative estimate of drug-likeness (QED) is 0.750. The number of carboxylic acid groups (broad SMARTS) is 1. The summed E-state index contributed by atoms with van der Waals surface area (Å²) in [6.45, 7) is 7.27. The van der Waals surface area contributed by atoms with E-state index >= 15 is 0 Å². The van der Waals surface area contributed by atoms with Gasteiger partial charge in [0, 0.05) is 29.2 Å². The number of carboxylic acids is 1. The molecule has 0 saturated carbocycles. The molecule has 0 amide bonds. The van der Waals surface area contributed by atoms with Crippen molar-refractivity contribution in [3.8, 4) is 16.9 Å². The summed E-state index contributed by atoms with van der Waals surface area (Å²) in [4.78, 5) is 11.3. The lowest BCUT2D eigenvalue weighted by Gasteiger charge is -2.21. The van der Waals surface area contributed by atoms with E-state index in [9.17, 15) is 9.90 Å². The maximum absolute atomic E-state index is 11.3. The smallest absolute Gasteiger partial charge is 0.347 e. The summed E-state index contributed by atoms with van der Waals surface area (Å²) in [6, 6.07) is 14.2. The van der Waals surface area contributed by atoms with Crippen molar-refractivity contribution in [2.75, 3.05) is 0 Å². The molecule has 3 aromatic rings. The zero-order valence-electron chi connectivity index (χ0n) is 15.3. The van der Waals surface area contributed by atoms with Crippen LogP contribution < -0.4 is 4.74 Å². The number of rotatable bonds is 4. The van der Waals surface area contributed by atoms with Gasteiger partial charge >= 0.3 is 5.97 Å². The second kappa shape index (κ2) is 5.96. The van der Waals surface area contributed by atoms with Gasteiger partial charge in [-0.2, -0.15) is 0 Å². The Balaban J connectivity index is 2.17. The first-order chi connectivity index (χ1) is 11.7. The van der Waals surface area contributed by atoms with Crippen LogP contribution in [0.5, 0.6) is 5.75 Å². The van der Waals surface area contributed by atoms with Crippen molar-refractivity contribution < 1.29 is 14.6 Å². The van der Waals surface area contributed by atoms with Crippen molar-refractivity contribution >= 4 is 16.9 Å². The Kier molecular flexibility index (Phi) is 4.07. The second-order valence-corrected chi connectivity index (χ2v) is 6.98. The van der Waals surface area contributed by atoms with Gasteiger partial charge in [-0.15, -0.1) is 0 Å². The minimum absolute atomic E-state index is 0.555. The van der Waals surface area contributed by atoms with Crippen LogP contribution in [0.2, 0.25) is 0 Å². The molecule has 1 aromatic heterocycles. The van der Waals surface area contributed by atoms with E-state index in [2.05, 4.69) is 42.7 Å². The molecule has 3 rings (SSSR count). The normalized spacial score (nSPS) is 11.7. The van der Waals surface area contributed by atoms with Crippen LogP contribution >= 0.6 is 0 Å². The van der Waals surface area contributed by atoms with Gasteiger partial charge < -0.3 is 14.4 Å². The summed E-state index contributed by atoms with van der Waals surface area (Å²) in [7, 11) is 2.04. The highest BCUT2D eigenvalue weighted by Gasteiger charge is 2.29. The van der Waals surface area contributed by atoms with Crippen LogP contribution in [0.15, 0.2) is 42.5 Å². The molecule has 0 aliphatic carbocycles. The topological polar surface area (TPSA) is 51.5 Å². The van der Waals surface area contributed by atoms with Gasteiger partial charge in [-0.3, -0.25) is 0 Å². The molecule has 0 aliphatic rings. The van der Waals surface area contributed by atoms with Crippen molar-refractivity contribution in [1.29, 1.82) is 0 Å². The largest absolute Gasteiger partial charge is 0.478 e. The van der Waals surface area contributed by atoms with Crippen LogP contribution in [0.25, 0.3) is 22.0 Å². The molecule has 0 radical (unpaired) electrons. The van der Waals surface area contributed by atoms with Crippen molar-refractivity contribution in [1.82, 2.24) is 4.57 Å². The molecular weight excluding hydrogens is 314 g/mol. The van der Waals surface area contributed by atoms with Crippen molar-refractivity contribution in [2.24, 2.45) is 7.05 Å². The fourth-order valence-corrected chi connectivity index (χ4v) is 3.04. The molecule has 0 atom stereocenters. The Hall–Kier alpha value is -2.75. The molecule has 0 spiro atoms. The van der Waals surface area contributed by atoms with E-state index < -0.39 is 11.6 Å². The number of aryl methyl sites for hydroxylation is 2. The van der Waals surface area contributed by atoms with Gasteiger partial charge in [-0.25, -0.2) is 4.79 Å². The molecule has 1 heterocycles. The van der Waals surface area contributed by atoms with Crippen molar-refractivity contribution in [2.45, 2.75) is 33.3 Å². The Morgan fingerprint density at radius 3 is 2.32 bits per heavy atom. The summed E-state index contributed by atoms with van der Waals surface area (Å²) in [5.41, 5.74) is 4.48. The number of hydrogen-bond acceptors (Lipinski definition) is 2. The molecular formula is C21H23NO3. The van der Waals surface area contributed by atoms with E-state index in [1.807, 2.05) is 25.2 Å². The minimum atomic E-state index is -1.28. The number of aromatic nitrogens is 1. The molecule has 130 valence electrons. The van der Waals surface area contributed by atoms with Gasteiger partial charge in [0.1, 0.15) is 5.75 Å². The second-order valence-electron chi connectivity index (χ2n) is 6.98. The molecule has 0 aliphatic heterocycles. The Labute approximate surface area is 147 Å². The third-order valence-electron chi connectivity index (χ3n) is 4.69. The van der Waals surface area contributed by atoms with Crippen LogP contribution in [0.3, 0.4) is 0 Å². The first kappa shape index (κ1) is 17.1. The molecule has 0 fully saturated rings. The third kappa shape index (κ3) is 3.00. The van der Waals surface area contributed by atoms with Crippen LogP contribution in [0.1, 0.15) is 25.1 Å². The average molecular weight is 337 g/mol. The van der Waals surface area contributed by atoms with Crippen LogP contribution in [-0.2, 0) is 11.8 Å². The molecule has 0 bridgehead atoms. The van der Waals surface area contributed by atoms with Crippen LogP contribution in [-0.4, -0.2) is 21.2 Å². The lowest BCUT2D eigenvalue weighted by atomic mass is 10.0. The van der Waals surface area contributed by atoms with Crippen LogP contribution in [0, 0.1) is 13.8 Å². The summed E-state index contributed by atoms with van der Waals surface area (Å²) in [5.74, 6) is -0.436. The van der Waals surface area contributed by atoms with Gasteiger partial charge in [0.2, 0.25) is 0 Å². The van der Waals surface area contributed by atoms with E-state index in [1.54, 1.807) is 13.8 Å². The third-order valence-corrected chi connectivity index (χ3v) is 4.69. The fraction of sp³-hybridized carbons (Fsp3) is 0.286. The van der Waals surface area contributed by atoms with Gasteiger partial charge in [-0.1, -0.05) is 29.8 Å². The predicted molar refractivity (Wildman–Crippen MR) is 100 cm³/mol. The summed E-state index contributed by atoms with van der Waals surface area (Å²) in [6.07, 6.45) is 0. The molecule has 4 heteroatoms. The first-order valence-electron chi connectivity index (χ1n) is 8.29. The summed E-state index contributed by atoms with van der Waals surface area (Å²) < 4.78 is 7.87. The standard InChI is InChI=1S/C21H23NO3/c1-13-6-8-15(9-7-13)19-14(2)22(5)18-11-10-16(12-17(18)19)25-21(3,4)20(23)24/h6-12H,1-5H3,(H,23,24). The number of carbonyl (C=O) groups is 1. The first-order valence-corrected chi connectivity index (χ1v) is 8.29. The van der Waals surface area contributed by atoms with Crippen molar-refractivity contribution in [3.63, 3.8) is 0 Å². The number of benzene rings is 2. The van der Waals surface area contributed by atoms with E-state index in [-0.39, 0.29) is 0 Å². The van der Waals surface area contributed by atoms with E-state index in [0.29, 0.717) is 5.75 Å². The Morgan fingerprint density at radius 2 is 1.72 bits per heavy atom. The fourth-order valence-electron chi connectivity index (χ4n) is 3.04. The molecule has 2 aromatic carbocycles. The molecule has 0 unspecified atom stereocenters. The van der Waals surface area contributed by atoms with Crippen molar-refractivity contribution in [3.05, 3.63) is 53.7 Å². The SMILES string of the molecule is Cc1ccc(-c2c(C)n(C)c3ccc(OC(C)(C)C(=O)O)cc23)cc1. The van der Waals surface area contributed by atoms with Crippen LogP contribution in [0.4, 0.5) is 0 Å². The lowest BCUT2D eigenvalue weighted by molar-refractivity contribution is -0.152. The predicted octanol–water partition coefficient (Wildman–Crippen LogP) is 4.70. The van der Waals surface area contributed by atoms with Gasteiger partial charge in [0.15, 0.2) is 5.60 Å². The monoisotopic (exact) mass is 337 g/mol. The number of fused-ring (bicyclic) bond motifs is 1. The number of aliphatic carboxylic acids is 1. The average Bonchev–Trinajstić information content (AvgIpc) is 2.79. The molecule has 25 heavy (non-hydrogen) atoms. The van der Waals surface area contributed by atoms with E-state index in [4.69, 9.17) is 4.74 Å². The highest BCUT2D eigenvalue weighted by Crippen LogP contribution is 2.36. The highest BCUT2D eigenvalue weighted by atomic mass is 16.5. The number of nitrogens with zero attached hydrogens (tertiary/aromatic N) is 1. The molecule has 4 nitrogen and oxygen atoms in total. The lowest BCUT2D eigenvalue weighted by Crippen LogP contribution is -2.37. The Bertz CT molecular complexity index is 949. The minimum Gasteiger partial charge on any atom is -0.478 e. The summed E-state index contributed by atoms with van der Waals surface area (Å²) in [5, 5.41) is 10.4. The summed E-state index contributed by atoms with van der Waals surface area (Å²) >= 11 is 0. The zero-order chi connectivity index (χ0) is 18.4. The molecule has 0 saturated heterocycles. The Morgan fingerprint density at radius 1 is 1.08 bits per heavy atom. The maximum atomic E-state index is 11.3. The van der Waals surface area contributed by atoms with Gasteiger partial charge in [-0.05, 0) is 51.5 Å². The van der Waals surface area contributed by atoms with Gasteiger partial charge in [0.25, 0.3) is 0 Å². The highest BCUT2D eigenvalue weighted by molar-refractivity contribution is 5.98. The van der Waals surface area contributed by atoms with E-state index in [1.165, 1.54) is 5.56 Å².